The zero-order valence-electron chi connectivity index (χ0n) is 15.4. The average molecular weight is 492 g/mol. The van der Waals surface area contributed by atoms with Gasteiger partial charge in [0.15, 0.2) is 5.79 Å². The molecule has 2 aliphatic rings. The van der Waals surface area contributed by atoms with Gasteiger partial charge in [0.2, 0.25) is 10.0 Å². The Morgan fingerprint density at radius 2 is 2.11 bits per heavy atom. The number of ether oxygens (including phenoxy) is 3. The molecule has 154 valence electrons. The molecule has 1 aromatic carbocycles. The van der Waals surface area contributed by atoms with Crippen LogP contribution in [0.3, 0.4) is 0 Å². The molecule has 3 rings (SSSR count). The van der Waals surface area contributed by atoms with Crippen molar-refractivity contribution in [3.05, 3.63) is 39.9 Å². The van der Waals surface area contributed by atoms with E-state index in [0.717, 1.165) is 11.7 Å². The standard InChI is InChI=1S/C18H23BrNO6PS/c1-2-24-17(21)13-10-18(25-7-8-26-18)6-5-16(13)28(22,23)20-15-4-3-12(11-27)9-14(15)19/h3-4,9-10,16,20H,2,5-8,11,27H2,1H3. The molecule has 0 amide bonds. The van der Waals surface area contributed by atoms with E-state index in [1.54, 1.807) is 13.0 Å². The van der Waals surface area contributed by atoms with Gasteiger partial charge in [-0.2, -0.15) is 0 Å². The first-order chi connectivity index (χ1) is 13.3. The van der Waals surface area contributed by atoms with Gasteiger partial charge in [-0.1, -0.05) is 6.07 Å². The molecule has 1 aromatic rings. The fourth-order valence-corrected chi connectivity index (χ4v) is 5.77. The summed E-state index contributed by atoms with van der Waals surface area (Å²) in [4.78, 5) is 12.5. The van der Waals surface area contributed by atoms with E-state index in [1.165, 1.54) is 6.08 Å². The molecule has 0 saturated carbocycles. The molecule has 7 nitrogen and oxygen atoms in total. The highest BCUT2D eigenvalue weighted by atomic mass is 79.9. The van der Waals surface area contributed by atoms with Gasteiger partial charge in [0.05, 0.1) is 31.1 Å². The molecule has 1 heterocycles. The van der Waals surface area contributed by atoms with Crippen LogP contribution in [0.15, 0.2) is 34.3 Å². The third-order valence-corrected chi connectivity index (χ3v) is 7.53. The zero-order valence-corrected chi connectivity index (χ0v) is 19.0. The zero-order chi connectivity index (χ0) is 20.4. The second-order valence-electron chi connectivity index (χ2n) is 6.52. The molecule has 1 fully saturated rings. The van der Waals surface area contributed by atoms with Crippen molar-refractivity contribution in [3.63, 3.8) is 0 Å². The smallest absolute Gasteiger partial charge is 0.335 e. The summed E-state index contributed by atoms with van der Waals surface area (Å²) in [6, 6.07) is 5.39. The number of nitrogens with one attached hydrogen (secondary N) is 1. The number of hydrogen-bond acceptors (Lipinski definition) is 6. The molecule has 2 unspecified atom stereocenters. The van der Waals surface area contributed by atoms with Crippen LogP contribution in [-0.4, -0.2) is 45.2 Å². The van der Waals surface area contributed by atoms with E-state index in [4.69, 9.17) is 14.2 Å². The summed E-state index contributed by atoms with van der Waals surface area (Å²) < 4.78 is 45.8. The number of rotatable bonds is 6. The van der Waals surface area contributed by atoms with Crippen LogP contribution in [0, 0.1) is 0 Å². The number of benzene rings is 1. The minimum atomic E-state index is -3.90. The topological polar surface area (TPSA) is 90.9 Å². The van der Waals surface area contributed by atoms with Gasteiger partial charge in [-0.05, 0) is 59.2 Å². The largest absolute Gasteiger partial charge is 0.463 e. The molecule has 0 aromatic heterocycles. The van der Waals surface area contributed by atoms with Crippen molar-refractivity contribution in [1.29, 1.82) is 0 Å². The molecule has 1 spiro atoms. The summed E-state index contributed by atoms with van der Waals surface area (Å²) in [5, 5.41) is -1.06. The number of carbonyl (C=O) groups excluding carboxylic acids is 1. The summed E-state index contributed by atoms with van der Waals surface area (Å²) in [6.45, 7) is 2.62. The van der Waals surface area contributed by atoms with E-state index < -0.39 is 27.0 Å². The van der Waals surface area contributed by atoms with E-state index in [1.807, 2.05) is 12.1 Å². The van der Waals surface area contributed by atoms with Crippen LogP contribution in [-0.2, 0) is 35.2 Å². The fraction of sp³-hybridized carbons (Fsp3) is 0.500. The second kappa shape index (κ2) is 8.79. The van der Waals surface area contributed by atoms with Gasteiger partial charge in [0, 0.05) is 10.9 Å². The summed E-state index contributed by atoms with van der Waals surface area (Å²) in [6.07, 6.45) is 2.75. The van der Waals surface area contributed by atoms with Crippen LogP contribution in [0.1, 0.15) is 25.3 Å². The quantitative estimate of drug-likeness (QED) is 0.485. The Morgan fingerprint density at radius 3 is 2.71 bits per heavy atom. The maximum Gasteiger partial charge on any atom is 0.335 e. The van der Waals surface area contributed by atoms with Crippen molar-refractivity contribution >= 4 is 46.8 Å². The van der Waals surface area contributed by atoms with E-state index in [9.17, 15) is 13.2 Å². The summed E-state index contributed by atoms with van der Waals surface area (Å²) >= 11 is 3.40. The Bertz CT molecular complexity index is 882. The summed E-state index contributed by atoms with van der Waals surface area (Å²) in [5.74, 6) is -1.72. The van der Waals surface area contributed by atoms with Crippen LogP contribution < -0.4 is 4.72 Å². The van der Waals surface area contributed by atoms with Crippen LogP contribution in [0.2, 0.25) is 0 Å². The van der Waals surface area contributed by atoms with Crippen LogP contribution in [0.5, 0.6) is 0 Å². The molecule has 10 heteroatoms. The molecule has 1 aliphatic heterocycles. The van der Waals surface area contributed by atoms with Crippen LogP contribution in [0.25, 0.3) is 0 Å². The lowest BCUT2D eigenvalue weighted by Gasteiger charge is -2.33. The molecule has 0 bridgehead atoms. The molecule has 28 heavy (non-hydrogen) atoms. The number of esters is 1. The first-order valence-electron chi connectivity index (χ1n) is 8.98. The van der Waals surface area contributed by atoms with E-state index in [-0.39, 0.29) is 18.6 Å². The van der Waals surface area contributed by atoms with Crippen LogP contribution in [0.4, 0.5) is 5.69 Å². The van der Waals surface area contributed by atoms with Crippen molar-refractivity contribution in [2.75, 3.05) is 24.5 Å². The molecule has 1 saturated heterocycles. The molecule has 2 atom stereocenters. The number of anilines is 1. The number of sulfonamides is 1. The van der Waals surface area contributed by atoms with E-state index in [2.05, 4.69) is 29.9 Å². The molecule has 1 N–H and O–H groups in total. The lowest BCUT2D eigenvalue weighted by molar-refractivity contribution is -0.143. The van der Waals surface area contributed by atoms with Gasteiger partial charge < -0.3 is 14.2 Å². The van der Waals surface area contributed by atoms with Crippen molar-refractivity contribution in [2.24, 2.45) is 0 Å². The highest BCUT2D eigenvalue weighted by Gasteiger charge is 2.46. The number of hydrogen-bond donors (Lipinski definition) is 1. The van der Waals surface area contributed by atoms with Gasteiger partial charge in [-0.15, -0.1) is 9.24 Å². The second-order valence-corrected chi connectivity index (χ2v) is 9.65. The lowest BCUT2D eigenvalue weighted by Crippen LogP contribution is -2.42. The van der Waals surface area contributed by atoms with Crippen molar-refractivity contribution in [1.82, 2.24) is 0 Å². The maximum atomic E-state index is 13.1. The fourth-order valence-electron chi connectivity index (χ4n) is 3.31. The van der Waals surface area contributed by atoms with Gasteiger partial charge in [-0.3, -0.25) is 4.72 Å². The number of halogens is 1. The minimum Gasteiger partial charge on any atom is -0.463 e. The molecule has 1 aliphatic carbocycles. The Kier molecular flexibility index (Phi) is 6.82. The monoisotopic (exact) mass is 491 g/mol. The summed E-state index contributed by atoms with van der Waals surface area (Å²) in [5.41, 5.74) is 1.50. The highest BCUT2D eigenvalue weighted by molar-refractivity contribution is 9.10. The molecular weight excluding hydrogens is 469 g/mol. The van der Waals surface area contributed by atoms with Crippen molar-refractivity contribution in [3.8, 4) is 0 Å². The summed E-state index contributed by atoms with van der Waals surface area (Å²) in [7, 11) is -1.28. The molecule has 0 radical (unpaired) electrons. The third-order valence-electron chi connectivity index (χ3n) is 4.66. The SMILES string of the molecule is CCOC(=O)C1=CC2(CCC1S(=O)(=O)Nc1ccc(CP)cc1Br)OCCO2. The third kappa shape index (κ3) is 4.60. The molecular formula is C18H23BrNO6PS. The van der Waals surface area contributed by atoms with Crippen molar-refractivity contribution < 1.29 is 27.4 Å². The highest BCUT2D eigenvalue weighted by Crippen LogP contribution is 2.38. The number of carbonyl (C=O) groups is 1. The van der Waals surface area contributed by atoms with Crippen molar-refractivity contribution in [2.45, 2.75) is 37.0 Å². The van der Waals surface area contributed by atoms with Gasteiger partial charge in [0.1, 0.15) is 5.25 Å². The minimum absolute atomic E-state index is 0.0419. The normalized spacial score (nSPS) is 21.4. The Labute approximate surface area is 175 Å². The van der Waals surface area contributed by atoms with E-state index >= 15 is 0 Å². The van der Waals surface area contributed by atoms with Gasteiger partial charge in [0.25, 0.3) is 0 Å². The maximum absolute atomic E-state index is 13.1. The van der Waals surface area contributed by atoms with Gasteiger partial charge in [-0.25, -0.2) is 13.2 Å². The Morgan fingerprint density at radius 1 is 1.39 bits per heavy atom. The van der Waals surface area contributed by atoms with E-state index in [0.29, 0.717) is 29.8 Å². The Hall–Kier alpha value is -0.990. The van der Waals surface area contributed by atoms with Crippen LogP contribution >= 0.6 is 25.2 Å². The first-order valence-corrected chi connectivity index (χ1v) is 12.1. The predicted molar refractivity (Wildman–Crippen MR) is 112 cm³/mol. The lowest BCUT2D eigenvalue weighted by atomic mass is 9.94. The average Bonchev–Trinajstić information content (AvgIpc) is 3.11. The first kappa shape index (κ1) is 21.7. The Balaban J connectivity index is 1.91. The van der Waals surface area contributed by atoms with Gasteiger partial charge >= 0.3 is 5.97 Å². The predicted octanol–water partition coefficient (Wildman–Crippen LogP) is 2.96.